The Labute approximate surface area is 122 Å². The summed E-state index contributed by atoms with van der Waals surface area (Å²) in [7, 11) is 0. The number of nitrogen functional groups attached to an aromatic ring is 1. The summed E-state index contributed by atoms with van der Waals surface area (Å²) in [6.45, 7) is 2.61. The maximum atomic E-state index is 12.0. The Morgan fingerprint density at radius 3 is 2.70 bits per heavy atom. The van der Waals surface area contributed by atoms with Crippen LogP contribution in [0.2, 0.25) is 5.02 Å². The second kappa shape index (κ2) is 7.69. The molecule has 0 aliphatic rings. The fraction of sp³-hybridized carbons (Fsp3) is 0.462. The fourth-order valence-electron chi connectivity index (χ4n) is 1.75. The van der Waals surface area contributed by atoms with Crippen molar-refractivity contribution in [1.82, 2.24) is 5.32 Å². The first-order chi connectivity index (χ1) is 9.47. The fourth-order valence-corrected chi connectivity index (χ4v) is 1.96. The molecule has 0 unspecified atom stereocenters. The molecule has 7 heteroatoms. The molecule has 0 spiro atoms. The van der Waals surface area contributed by atoms with Crippen LogP contribution in [0.15, 0.2) is 12.1 Å². The highest BCUT2D eigenvalue weighted by Crippen LogP contribution is 2.28. The predicted molar refractivity (Wildman–Crippen MR) is 79.0 cm³/mol. The molecule has 1 amide bonds. The van der Waals surface area contributed by atoms with Crippen LogP contribution in [-0.2, 0) is 0 Å². The van der Waals surface area contributed by atoms with Crippen LogP contribution in [0.1, 0.15) is 43.0 Å². The Bertz CT molecular complexity index is 506. The van der Waals surface area contributed by atoms with E-state index in [-0.39, 0.29) is 22.0 Å². The van der Waals surface area contributed by atoms with Gasteiger partial charge in [0.1, 0.15) is 0 Å². The van der Waals surface area contributed by atoms with Gasteiger partial charge in [0.05, 0.1) is 21.2 Å². The van der Waals surface area contributed by atoms with Crippen molar-refractivity contribution in [2.24, 2.45) is 0 Å². The normalized spacial score (nSPS) is 10.3. The summed E-state index contributed by atoms with van der Waals surface area (Å²) in [4.78, 5) is 22.1. The van der Waals surface area contributed by atoms with E-state index in [0.717, 1.165) is 37.8 Å². The van der Waals surface area contributed by atoms with Gasteiger partial charge >= 0.3 is 0 Å². The lowest BCUT2D eigenvalue weighted by atomic mass is 10.1. The van der Waals surface area contributed by atoms with E-state index < -0.39 is 10.8 Å². The predicted octanol–water partition coefficient (Wildman–Crippen LogP) is 3.14. The molecular weight excluding hydrogens is 282 g/mol. The van der Waals surface area contributed by atoms with Crippen LogP contribution in [0.5, 0.6) is 0 Å². The Morgan fingerprint density at radius 2 is 2.10 bits per heavy atom. The van der Waals surface area contributed by atoms with Crippen molar-refractivity contribution in [2.45, 2.75) is 32.6 Å². The zero-order valence-corrected chi connectivity index (χ0v) is 12.1. The molecule has 0 saturated heterocycles. The smallest absolute Gasteiger partial charge is 0.271 e. The monoisotopic (exact) mass is 299 g/mol. The van der Waals surface area contributed by atoms with Crippen LogP contribution >= 0.6 is 11.6 Å². The standard InChI is InChI=1S/C13H18ClN3O3/c1-2-3-4-5-6-16-13(18)10-7-9(17(19)20)8-11(14)12(10)15/h7-8H,2-6,15H2,1H3,(H,16,18). The van der Waals surface area contributed by atoms with Crippen molar-refractivity contribution in [3.63, 3.8) is 0 Å². The lowest BCUT2D eigenvalue weighted by Gasteiger charge is -2.08. The van der Waals surface area contributed by atoms with E-state index in [1.807, 2.05) is 0 Å². The van der Waals surface area contributed by atoms with Gasteiger partial charge in [0.2, 0.25) is 0 Å². The molecule has 6 nitrogen and oxygen atoms in total. The summed E-state index contributed by atoms with van der Waals surface area (Å²) in [6, 6.07) is 2.28. The first kappa shape index (κ1) is 16.2. The minimum Gasteiger partial charge on any atom is -0.397 e. The number of nitrogens with zero attached hydrogens (tertiary/aromatic N) is 1. The first-order valence-corrected chi connectivity index (χ1v) is 6.86. The molecular formula is C13H18ClN3O3. The topological polar surface area (TPSA) is 98.3 Å². The Kier molecular flexibility index (Phi) is 6.24. The summed E-state index contributed by atoms with van der Waals surface area (Å²) < 4.78 is 0. The van der Waals surface area contributed by atoms with Gasteiger partial charge in [0.25, 0.3) is 11.6 Å². The van der Waals surface area contributed by atoms with Gasteiger partial charge in [-0.15, -0.1) is 0 Å². The van der Waals surface area contributed by atoms with E-state index >= 15 is 0 Å². The molecule has 0 saturated carbocycles. The van der Waals surface area contributed by atoms with Gasteiger partial charge < -0.3 is 11.1 Å². The van der Waals surface area contributed by atoms with E-state index in [4.69, 9.17) is 17.3 Å². The number of hydrogen-bond donors (Lipinski definition) is 2. The lowest BCUT2D eigenvalue weighted by molar-refractivity contribution is -0.384. The number of nitro benzene ring substituents is 1. The molecule has 1 aromatic rings. The van der Waals surface area contributed by atoms with Crippen molar-refractivity contribution < 1.29 is 9.72 Å². The number of non-ortho nitro benzene ring substituents is 1. The molecule has 0 atom stereocenters. The van der Waals surface area contributed by atoms with Gasteiger partial charge in [0, 0.05) is 18.7 Å². The van der Waals surface area contributed by atoms with Crippen LogP contribution in [0.4, 0.5) is 11.4 Å². The second-order valence-electron chi connectivity index (χ2n) is 4.46. The molecule has 0 heterocycles. The number of nitro groups is 1. The van der Waals surface area contributed by atoms with E-state index in [9.17, 15) is 14.9 Å². The van der Waals surface area contributed by atoms with Crippen molar-refractivity contribution in [3.8, 4) is 0 Å². The molecule has 110 valence electrons. The quantitative estimate of drug-likeness (QED) is 0.350. The molecule has 3 N–H and O–H groups in total. The van der Waals surface area contributed by atoms with Gasteiger partial charge in [-0.05, 0) is 6.42 Å². The van der Waals surface area contributed by atoms with E-state index in [0.29, 0.717) is 6.54 Å². The number of halogens is 1. The highest BCUT2D eigenvalue weighted by atomic mass is 35.5. The van der Waals surface area contributed by atoms with Crippen LogP contribution in [0.3, 0.4) is 0 Å². The average Bonchev–Trinajstić information content (AvgIpc) is 2.41. The Balaban J connectivity index is 2.74. The van der Waals surface area contributed by atoms with Gasteiger partial charge in [-0.2, -0.15) is 0 Å². The molecule has 0 fully saturated rings. The molecule has 0 aliphatic carbocycles. The number of amides is 1. The maximum Gasteiger partial charge on any atom is 0.271 e. The van der Waals surface area contributed by atoms with Crippen LogP contribution in [0.25, 0.3) is 0 Å². The number of carbonyl (C=O) groups is 1. The Morgan fingerprint density at radius 1 is 1.40 bits per heavy atom. The van der Waals surface area contributed by atoms with Crippen molar-refractivity contribution in [3.05, 3.63) is 32.8 Å². The van der Waals surface area contributed by atoms with E-state index in [1.54, 1.807) is 0 Å². The number of anilines is 1. The number of hydrogen-bond acceptors (Lipinski definition) is 4. The van der Waals surface area contributed by atoms with Crippen molar-refractivity contribution >= 4 is 28.9 Å². The highest BCUT2D eigenvalue weighted by Gasteiger charge is 2.18. The summed E-state index contributed by atoms with van der Waals surface area (Å²) in [5.74, 6) is -0.440. The third-order valence-corrected chi connectivity index (χ3v) is 3.20. The number of unbranched alkanes of at least 4 members (excludes halogenated alkanes) is 3. The third kappa shape index (κ3) is 4.38. The first-order valence-electron chi connectivity index (χ1n) is 6.49. The van der Waals surface area contributed by atoms with Crippen molar-refractivity contribution in [2.75, 3.05) is 12.3 Å². The highest BCUT2D eigenvalue weighted by molar-refractivity contribution is 6.34. The largest absolute Gasteiger partial charge is 0.397 e. The van der Waals surface area contributed by atoms with Gasteiger partial charge in [0.15, 0.2) is 0 Å². The van der Waals surface area contributed by atoms with Crippen LogP contribution in [0, 0.1) is 10.1 Å². The molecule has 0 radical (unpaired) electrons. The van der Waals surface area contributed by atoms with Crippen LogP contribution in [-0.4, -0.2) is 17.4 Å². The number of nitrogens with two attached hydrogens (primary N) is 1. The van der Waals surface area contributed by atoms with Crippen molar-refractivity contribution in [1.29, 1.82) is 0 Å². The van der Waals surface area contributed by atoms with Crippen LogP contribution < -0.4 is 11.1 Å². The summed E-state index contributed by atoms with van der Waals surface area (Å²) >= 11 is 5.80. The van der Waals surface area contributed by atoms with Gasteiger partial charge in [-0.3, -0.25) is 14.9 Å². The third-order valence-electron chi connectivity index (χ3n) is 2.89. The number of nitrogens with one attached hydrogen (secondary N) is 1. The molecule has 1 rings (SSSR count). The molecule has 0 bridgehead atoms. The zero-order chi connectivity index (χ0) is 15.1. The Hall–Kier alpha value is -1.82. The summed E-state index contributed by atoms with van der Waals surface area (Å²) in [6.07, 6.45) is 4.12. The number of carbonyl (C=O) groups excluding carboxylic acids is 1. The number of benzene rings is 1. The maximum absolute atomic E-state index is 12.0. The molecule has 1 aromatic carbocycles. The van der Waals surface area contributed by atoms with Gasteiger partial charge in [-0.1, -0.05) is 37.8 Å². The molecule has 0 aliphatic heterocycles. The second-order valence-corrected chi connectivity index (χ2v) is 4.87. The zero-order valence-electron chi connectivity index (χ0n) is 11.3. The number of rotatable bonds is 7. The summed E-state index contributed by atoms with van der Waals surface area (Å²) in [5, 5.41) is 13.4. The lowest BCUT2D eigenvalue weighted by Crippen LogP contribution is -2.25. The molecule has 0 aromatic heterocycles. The van der Waals surface area contributed by atoms with E-state index in [2.05, 4.69) is 12.2 Å². The van der Waals surface area contributed by atoms with E-state index in [1.165, 1.54) is 0 Å². The van der Waals surface area contributed by atoms with Gasteiger partial charge in [-0.25, -0.2) is 0 Å². The molecule has 20 heavy (non-hydrogen) atoms. The summed E-state index contributed by atoms with van der Waals surface area (Å²) in [5.41, 5.74) is 5.54. The average molecular weight is 300 g/mol. The minimum absolute atomic E-state index is 0.00957. The SMILES string of the molecule is CCCCCCNC(=O)c1cc([N+](=O)[O-])cc(Cl)c1N. The minimum atomic E-state index is -0.608.